The molecule has 6 rings (SSSR count). The molecule has 4 aliphatic rings. The van der Waals surface area contributed by atoms with Crippen LogP contribution in [0.15, 0.2) is 53.5 Å². The molecule has 0 unspecified atom stereocenters. The van der Waals surface area contributed by atoms with Crippen LogP contribution < -0.4 is 15.0 Å². The number of amides is 2. The van der Waals surface area contributed by atoms with E-state index in [1.54, 1.807) is 11.0 Å². The Kier molecular flexibility index (Phi) is 7.37. The third-order valence-electron chi connectivity index (χ3n) is 8.84. The number of ether oxygens (including phenoxy) is 1. The van der Waals surface area contributed by atoms with Gasteiger partial charge in [-0.05, 0) is 87.3 Å². The summed E-state index contributed by atoms with van der Waals surface area (Å²) in [5, 5.41) is 3.12. The second kappa shape index (κ2) is 11.0. The van der Waals surface area contributed by atoms with E-state index in [9.17, 15) is 9.18 Å². The second-order valence-electron chi connectivity index (χ2n) is 11.5. The molecule has 2 saturated heterocycles. The molecule has 0 bridgehead atoms. The van der Waals surface area contributed by atoms with Gasteiger partial charge in [-0.25, -0.2) is 9.18 Å². The molecule has 0 aromatic heterocycles. The highest BCUT2D eigenvalue weighted by Crippen LogP contribution is 2.39. The number of rotatable bonds is 6. The Labute approximate surface area is 225 Å². The van der Waals surface area contributed by atoms with Gasteiger partial charge in [-0.1, -0.05) is 37.5 Å². The Morgan fingerprint density at radius 1 is 0.947 bits per heavy atom. The molecule has 202 valence electrons. The summed E-state index contributed by atoms with van der Waals surface area (Å²) in [6.45, 7) is 2.50. The molecular weight excluding hydrogens is 479 g/mol. The first-order chi connectivity index (χ1) is 18.6. The summed E-state index contributed by atoms with van der Waals surface area (Å²) >= 11 is 0. The van der Waals surface area contributed by atoms with Crippen LogP contribution >= 0.6 is 0 Å². The number of carbonyl (C=O) groups excluding carboxylic acids is 1. The van der Waals surface area contributed by atoms with Crippen molar-refractivity contribution in [2.75, 3.05) is 18.0 Å². The summed E-state index contributed by atoms with van der Waals surface area (Å²) in [6, 6.07) is 15.0. The van der Waals surface area contributed by atoms with Gasteiger partial charge in [-0.3, -0.25) is 20.1 Å². The topological polar surface area (TPSA) is 57.2 Å². The number of halogens is 1. The van der Waals surface area contributed by atoms with Crippen LogP contribution in [0, 0.1) is 5.82 Å². The lowest BCUT2D eigenvalue weighted by Gasteiger charge is -2.44. The van der Waals surface area contributed by atoms with Crippen molar-refractivity contribution in [3.05, 3.63) is 59.9 Å². The summed E-state index contributed by atoms with van der Waals surface area (Å²) in [6.07, 6.45) is 12.5. The third-order valence-corrected chi connectivity index (χ3v) is 8.84. The summed E-state index contributed by atoms with van der Waals surface area (Å²) in [4.78, 5) is 22.7. The lowest BCUT2D eigenvalue weighted by atomic mass is 9.84. The van der Waals surface area contributed by atoms with E-state index in [1.807, 2.05) is 6.07 Å². The molecule has 0 radical (unpaired) electrons. The molecule has 6 nitrogen and oxygen atoms in total. The molecule has 2 aliphatic heterocycles. The van der Waals surface area contributed by atoms with Gasteiger partial charge >= 0.3 is 6.03 Å². The molecule has 1 spiro atoms. The number of carbonyl (C=O) groups is 1. The fourth-order valence-corrected chi connectivity index (χ4v) is 6.81. The maximum absolute atomic E-state index is 14.2. The first-order valence-electron chi connectivity index (χ1n) is 14.5. The molecular formula is C31H39FN4O2. The van der Waals surface area contributed by atoms with E-state index in [0.29, 0.717) is 11.8 Å². The number of benzene rings is 2. The normalized spacial score (nSPS) is 23.9. The lowest BCUT2D eigenvalue weighted by Crippen LogP contribution is -2.57. The van der Waals surface area contributed by atoms with Crippen molar-refractivity contribution >= 4 is 17.6 Å². The molecule has 2 aromatic carbocycles. The van der Waals surface area contributed by atoms with Crippen LogP contribution in [0.25, 0.3) is 0 Å². The molecule has 4 fully saturated rings. The van der Waals surface area contributed by atoms with Gasteiger partial charge in [0.25, 0.3) is 0 Å². The van der Waals surface area contributed by atoms with Crippen molar-refractivity contribution in [3.8, 4) is 5.75 Å². The SMILES string of the molecule is O=C1NC(=NC2CCCCC2)C2(CCN(Cc3cccc(OC4CCCC4)c3)CC2)N1c1cccc(F)c1. The van der Waals surface area contributed by atoms with Crippen LogP contribution in [-0.2, 0) is 6.54 Å². The smallest absolute Gasteiger partial charge is 0.328 e. The summed E-state index contributed by atoms with van der Waals surface area (Å²) in [7, 11) is 0. The number of nitrogens with zero attached hydrogens (tertiary/aromatic N) is 3. The number of hydrogen-bond acceptors (Lipinski definition) is 4. The minimum absolute atomic E-state index is 0.199. The number of nitrogens with one attached hydrogen (secondary N) is 1. The van der Waals surface area contributed by atoms with E-state index in [1.165, 1.54) is 49.8 Å². The molecule has 2 heterocycles. The maximum atomic E-state index is 14.2. The van der Waals surface area contributed by atoms with E-state index in [2.05, 4.69) is 34.5 Å². The highest BCUT2D eigenvalue weighted by atomic mass is 19.1. The molecule has 2 saturated carbocycles. The number of anilines is 1. The van der Waals surface area contributed by atoms with Crippen molar-refractivity contribution in [2.45, 2.75) is 94.9 Å². The predicted octanol–water partition coefficient (Wildman–Crippen LogP) is 6.44. The van der Waals surface area contributed by atoms with Crippen molar-refractivity contribution in [3.63, 3.8) is 0 Å². The van der Waals surface area contributed by atoms with Crippen molar-refractivity contribution in [1.82, 2.24) is 10.2 Å². The van der Waals surface area contributed by atoms with E-state index >= 15 is 0 Å². The van der Waals surface area contributed by atoms with Crippen LogP contribution in [0.5, 0.6) is 5.75 Å². The highest BCUT2D eigenvalue weighted by Gasteiger charge is 2.53. The van der Waals surface area contributed by atoms with Gasteiger partial charge < -0.3 is 4.74 Å². The predicted molar refractivity (Wildman–Crippen MR) is 148 cm³/mol. The Balaban J connectivity index is 1.21. The average molecular weight is 519 g/mol. The zero-order chi connectivity index (χ0) is 26.0. The van der Waals surface area contributed by atoms with Crippen molar-refractivity contribution in [1.29, 1.82) is 0 Å². The Bertz CT molecular complexity index is 1160. The van der Waals surface area contributed by atoms with Gasteiger partial charge in [0.15, 0.2) is 0 Å². The number of urea groups is 1. The van der Waals surface area contributed by atoms with Gasteiger partial charge in [0.1, 0.15) is 22.9 Å². The number of amidine groups is 1. The van der Waals surface area contributed by atoms with Gasteiger partial charge in [0.2, 0.25) is 0 Å². The average Bonchev–Trinajstić information content (AvgIpc) is 3.52. The first-order valence-corrected chi connectivity index (χ1v) is 14.5. The molecule has 2 amide bonds. The Morgan fingerprint density at radius 3 is 2.45 bits per heavy atom. The monoisotopic (exact) mass is 518 g/mol. The quantitative estimate of drug-likeness (QED) is 0.479. The zero-order valence-electron chi connectivity index (χ0n) is 22.2. The fraction of sp³-hybridized carbons (Fsp3) is 0.548. The fourth-order valence-electron chi connectivity index (χ4n) is 6.81. The van der Waals surface area contributed by atoms with Crippen LogP contribution in [-0.4, -0.2) is 47.5 Å². The van der Waals surface area contributed by atoms with E-state index < -0.39 is 5.54 Å². The summed E-state index contributed by atoms with van der Waals surface area (Å²) in [5.41, 5.74) is 1.28. The maximum Gasteiger partial charge on any atom is 0.328 e. The van der Waals surface area contributed by atoms with Gasteiger partial charge in [-0.2, -0.15) is 0 Å². The standard InChI is InChI=1S/C31H39FN4O2/c32-24-9-7-12-26(21-24)36-30(37)34-29(33-25-10-2-1-3-11-25)31(36)16-18-35(19-17-31)22-23-8-6-15-28(20-23)38-27-13-4-5-14-27/h6-9,12,15,20-21,25,27H,1-5,10-11,13-14,16-19,22H2,(H,33,34,37). The van der Waals surface area contributed by atoms with Crippen molar-refractivity contribution in [2.24, 2.45) is 4.99 Å². The van der Waals surface area contributed by atoms with Crippen LogP contribution in [0.3, 0.4) is 0 Å². The molecule has 2 aromatic rings. The number of hydrogen-bond donors (Lipinski definition) is 1. The second-order valence-corrected chi connectivity index (χ2v) is 11.5. The zero-order valence-corrected chi connectivity index (χ0v) is 22.2. The number of piperidine rings is 1. The minimum Gasteiger partial charge on any atom is -0.490 e. The molecule has 2 aliphatic carbocycles. The first kappa shape index (κ1) is 25.4. The lowest BCUT2D eigenvalue weighted by molar-refractivity contribution is 0.183. The van der Waals surface area contributed by atoms with Gasteiger partial charge in [0, 0.05) is 25.3 Å². The summed E-state index contributed by atoms with van der Waals surface area (Å²) in [5.74, 6) is 1.41. The molecule has 38 heavy (non-hydrogen) atoms. The highest BCUT2D eigenvalue weighted by molar-refractivity contribution is 6.19. The largest absolute Gasteiger partial charge is 0.490 e. The van der Waals surface area contributed by atoms with Crippen molar-refractivity contribution < 1.29 is 13.9 Å². The minimum atomic E-state index is -0.563. The Morgan fingerprint density at radius 2 is 1.68 bits per heavy atom. The van der Waals surface area contributed by atoms with Crippen LogP contribution in [0.1, 0.15) is 76.2 Å². The number of aliphatic imine (C=N–C) groups is 1. The number of likely N-dealkylation sites (tertiary alicyclic amines) is 1. The van der Waals surface area contributed by atoms with Crippen LogP contribution in [0.2, 0.25) is 0 Å². The Hall–Kier alpha value is -2.93. The van der Waals surface area contributed by atoms with E-state index in [4.69, 9.17) is 9.73 Å². The molecule has 1 N–H and O–H groups in total. The molecule has 7 heteroatoms. The van der Waals surface area contributed by atoms with Gasteiger partial charge in [-0.15, -0.1) is 0 Å². The summed E-state index contributed by atoms with van der Waals surface area (Å²) < 4.78 is 20.5. The van der Waals surface area contributed by atoms with E-state index in [-0.39, 0.29) is 17.9 Å². The third kappa shape index (κ3) is 5.31. The van der Waals surface area contributed by atoms with Crippen LogP contribution in [0.4, 0.5) is 14.9 Å². The molecule has 0 atom stereocenters. The van der Waals surface area contributed by atoms with Gasteiger partial charge in [0.05, 0.1) is 12.1 Å². The van der Waals surface area contributed by atoms with E-state index in [0.717, 1.165) is 69.7 Å².